The zero-order valence-corrected chi connectivity index (χ0v) is 18.5. The molecule has 0 aliphatic carbocycles. The van der Waals surface area contributed by atoms with Gasteiger partial charge in [-0.2, -0.15) is 18.2 Å². The quantitative estimate of drug-likeness (QED) is 0.316. The van der Waals surface area contributed by atoms with Gasteiger partial charge in [-0.3, -0.25) is 0 Å². The summed E-state index contributed by atoms with van der Waals surface area (Å²) >= 11 is 6.24. The number of ether oxygens (including phenoxy) is 1. The first-order valence-corrected chi connectivity index (χ1v) is 10.2. The van der Waals surface area contributed by atoms with Gasteiger partial charge in [0.05, 0.1) is 27.4 Å². The molecular formula is C22H15ClF3N5O4. The number of hydrogen-bond acceptors (Lipinski definition) is 5. The van der Waals surface area contributed by atoms with E-state index < -0.39 is 29.3 Å². The van der Waals surface area contributed by atoms with Crippen LogP contribution in [-0.2, 0) is 13.2 Å². The summed E-state index contributed by atoms with van der Waals surface area (Å²) < 4.78 is 46.8. The van der Waals surface area contributed by atoms with Gasteiger partial charge in [-0.25, -0.2) is 14.6 Å². The van der Waals surface area contributed by atoms with E-state index in [1.165, 1.54) is 24.5 Å². The number of benzene rings is 2. The van der Waals surface area contributed by atoms with Crippen LogP contribution in [0.25, 0.3) is 11.0 Å². The summed E-state index contributed by atoms with van der Waals surface area (Å²) in [7, 11) is 1.81. The van der Waals surface area contributed by atoms with Gasteiger partial charge >= 0.3 is 18.2 Å². The standard InChI is InChI=1S/C22H15ClF3N5O4/c1-31-5-4-17-18(31)19(28-10-27-17)35-14-2-3-16(15(23)9-14)30-21(34)29-13-7-11(20(32)33)6-12(8-13)22(24,25)26/h2-10H,1H3,(H,32,33)(H2,29,30,34). The Kier molecular flexibility index (Phi) is 6.22. The number of rotatable bonds is 5. The molecule has 2 aromatic carbocycles. The zero-order valence-electron chi connectivity index (χ0n) is 17.7. The number of urea groups is 1. The van der Waals surface area contributed by atoms with Crippen molar-refractivity contribution in [3.05, 3.63) is 71.1 Å². The number of carbonyl (C=O) groups excluding carboxylic acids is 1. The van der Waals surface area contributed by atoms with Crippen molar-refractivity contribution in [1.82, 2.24) is 14.5 Å². The number of nitrogens with one attached hydrogen (secondary N) is 2. The number of carbonyl (C=O) groups is 2. The number of amides is 2. The molecule has 0 radical (unpaired) electrons. The third-order valence-electron chi connectivity index (χ3n) is 4.79. The molecular weight excluding hydrogens is 491 g/mol. The molecule has 4 rings (SSSR count). The molecule has 2 heterocycles. The Hall–Kier alpha value is -4.32. The van der Waals surface area contributed by atoms with Crippen LogP contribution in [0.1, 0.15) is 15.9 Å². The van der Waals surface area contributed by atoms with Crippen molar-refractivity contribution < 1.29 is 32.6 Å². The summed E-state index contributed by atoms with van der Waals surface area (Å²) in [6, 6.07) is 7.21. The first-order valence-electron chi connectivity index (χ1n) is 9.78. The molecule has 0 unspecified atom stereocenters. The minimum absolute atomic E-state index is 0.0742. The predicted octanol–water partition coefficient (Wildman–Crippen LogP) is 5.78. The number of aryl methyl sites for hydroxylation is 1. The average molecular weight is 506 g/mol. The summed E-state index contributed by atoms with van der Waals surface area (Å²) in [5.41, 5.74) is -0.739. The Bertz CT molecular complexity index is 1460. The molecule has 0 bridgehead atoms. The highest BCUT2D eigenvalue weighted by Gasteiger charge is 2.32. The predicted molar refractivity (Wildman–Crippen MR) is 121 cm³/mol. The van der Waals surface area contributed by atoms with Crippen LogP contribution in [0.4, 0.5) is 29.3 Å². The second-order valence-corrected chi connectivity index (χ2v) is 7.67. The molecule has 0 aliphatic heterocycles. The smallest absolute Gasteiger partial charge is 0.416 e. The number of aromatic carboxylic acids is 1. The van der Waals surface area contributed by atoms with Crippen LogP contribution < -0.4 is 15.4 Å². The van der Waals surface area contributed by atoms with E-state index in [0.717, 1.165) is 6.07 Å². The topological polar surface area (TPSA) is 118 Å². The van der Waals surface area contributed by atoms with Crippen molar-refractivity contribution in [1.29, 1.82) is 0 Å². The average Bonchev–Trinajstić information content (AvgIpc) is 3.16. The first-order chi connectivity index (χ1) is 16.5. The largest absolute Gasteiger partial charge is 0.478 e. The van der Waals surface area contributed by atoms with Gasteiger partial charge in [-0.1, -0.05) is 11.6 Å². The maximum atomic E-state index is 13.1. The number of carboxylic acid groups (broad SMARTS) is 1. The lowest BCUT2D eigenvalue weighted by atomic mass is 10.1. The highest BCUT2D eigenvalue weighted by molar-refractivity contribution is 6.34. The molecule has 2 aromatic heterocycles. The number of halogens is 4. The molecule has 180 valence electrons. The molecule has 0 saturated carbocycles. The number of alkyl halides is 3. The number of hydrogen-bond donors (Lipinski definition) is 3. The number of nitrogens with zero attached hydrogens (tertiary/aromatic N) is 3. The molecule has 2 amide bonds. The fourth-order valence-electron chi connectivity index (χ4n) is 3.20. The van der Waals surface area contributed by atoms with Gasteiger partial charge < -0.3 is 25.0 Å². The SMILES string of the molecule is Cn1ccc2ncnc(Oc3ccc(NC(=O)Nc4cc(C(=O)O)cc(C(F)(F)F)c4)c(Cl)c3)c21. The molecule has 9 nitrogen and oxygen atoms in total. The van der Waals surface area contributed by atoms with Gasteiger partial charge in [0.2, 0.25) is 5.88 Å². The fraction of sp³-hybridized carbons (Fsp3) is 0.0909. The van der Waals surface area contributed by atoms with Crippen LogP contribution in [0.3, 0.4) is 0 Å². The molecule has 13 heteroatoms. The summed E-state index contributed by atoms with van der Waals surface area (Å²) in [4.78, 5) is 31.8. The zero-order chi connectivity index (χ0) is 25.3. The van der Waals surface area contributed by atoms with E-state index >= 15 is 0 Å². The first kappa shape index (κ1) is 23.8. The lowest BCUT2D eigenvalue weighted by molar-refractivity contribution is -0.137. The number of aromatic nitrogens is 3. The van der Waals surface area contributed by atoms with Crippen molar-refractivity contribution in [3.8, 4) is 11.6 Å². The van der Waals surface area contributed by atoms with Gasteiger partial charge in [0, 0.05) is 25.0 Å². The number of anilines is 2. The third-order valence-corrected chi connectivity index (χ3v) is 5.11. The van der Waals surface area contributed by atoms with Gasteiger partial charge in [0.15, 0.2) is 0 Å². The van der Waals surface area contributed by atoms with Crippen LogP contribution in [0.15, 0.2) is 55.0 Å². The Labute approximate surface area is 200 Å². The minimum atomic E-state index is -4.80. The van der Waals surface area contributed by atoms with Crippen molar-refractivity contribution in [3.63, 3.8) is 0 Å². The van der Waals surface area contributed by atoms with Crippen LogP contribution in [-0.4, -0.2) is 31.6 Å². The second kappa shape index (κ2) is 9.14. The Morgan fingerprint density at radius 1 is 1.09 bits per heavy atom. The fourth-order valence-corrected chi connectivity index (χ4v) is 3.42. The van der Waals surface area contributed by atoms with Gasteiger partial charge in [-0.15, -0.1) is 0 Å². The van der Waals surface area contributed by atoms with Crippen molar-refractivity contribution in [2.75, 3.05) is 10.6 Å². The number of carboxylic acids is 1. The van der Waals surface area contributed by atoms with Gasteiger partial charge in [-0.05, 0) is 36.4 Å². The summed E-state index contributed by atoms with van der Waals surface area (Å²) in [5, 5.41) is 13.7. The van der Waals surface area contributed by atoms with E-state index in [0.29, 0.717) is 28.9 Å². The highest BCUT2D eigenvalue weighted by Crippen LogP contribution is 2.33. The van der Waals surface area contributed by atoms with Crippen LogP contribution in [0.2, 0.25) is 5.02 Å². The van der Waals surface area contributed by atoms with E-state index in [4.69, 9.17) is 21.4 Å². The molecule has 0 atom stereocenters. The minimum Gasteiger partial charge on any atom is -0.478 e. The number of fused-ring (bicyclic) bond motifs is 1. The van der Waals surface area contributed by atoms with E-state index in [1.54, 1.807) is 23.9 Å². The summed E-state index contributed by atoms with van der Waals surface area (Å²) in [6.07, 6.45) is -1.65. The Morgan fingerprint density at radius 3 is 2.54 bits per heavy atom. The molecule has 0 aliphatic rings. The highest BCUT2D eigenvalue weighted by atomic mass is 35.5. The van der Waals surface area contributed by atoms with Gasteiger partial charge in [0.25, 0.3) is 0 Å². The molecule has 4 aromatic rings. The van der Waals surface area contributed by atoms with E-state index in [2.05, 4.69) is 20.6 Å². The van der Waals surface area contributed by atoms with Crippen LogP contribution in [0.5, 0.6) is 11.6 Å². The lowest BCUT2D eigenvalue weighted by Gasteiger charge is -2.13. The Morgan fingerprint density at radius 2 is 1.86 bits per heavy atom. The maximum absolute atomic E-state index is 13.1. The van der Waals surface area contributed by atoms with E-state index in [9.17, 15) is 22.8 Å². The Balaban J connectivity index is 1.50. The summed E-state index contributed by atoms with van der Waals surface area (Å²) in [6.45, 7) is 0. The van der Waals surface area contributed by atoms with Crippen LogP contribution in [0, 0.1) is 0 Å². The van der Waals surface area contributed by atoms with Crippen LogP contribution >= 0.6 is 11.6 Å². The second-order valence-electron chi connectivity index (χ2n) is 7.26. The molecule has 3 N–H and O–H groups in total. The monoisotopic (exact) mass is 505 g/mol. The lowest BCUT2D eigenvalue weighted by Crippen LogP contribution is -2.20. The van der Waals surface area contributed by atoms with Crippen molar-refractivity contribution in [2.24, 2.45) is 7.05 Å². The normalized spacial score (nSPS) is 11.3. The van der Waals surface area contributed by atoms with E-state index in [-0.39, 0.29) is 22.3 Å². The molecule has 35 heavy (non-hydrogen) atoms. The maximum Gasteiger partial charge on any atom is 0.416 e. The van der Waals surface area contributed by atoms with Crippen molar-refractivity contribution in [2.45, 2.75) is 6.18 Å². The van der Waals surface area contributed by atoms with Gasteiger partial charge in [0.1, 0.15) is 17.6 Å². The molecule has 0 spiro atoms. The molecule has 0 fully saturated rings. The third kappa shape index (κ3) is 5.27. The summed E-state index contributed by atoms with van der Waals surface area (Å²) in [5.74, 6) is -0.976. The molecule has 0 saturated heterocycles. The van der Waals surface area contributed by atoms with E-state index in [1.807, 2.05) is 0 Å². The van der Waals surface area contributed by atoms with Crippen molar-refractivity contribution >= 4 is 46.0 Å².